The number of nitrogens with zero attached hydrogens (tertiary/aromatic N) is 1. The number of aromatic hydroxyl groups is 1. The number of carboxylic acids is 1. The van der Waals surface area contributed by atoms with Gasteiger partial charge in [-0.05, 0) is 36.2 Å². The smallest absolute Gasteiger partial charge is 0.329 e. The number of benzene rings is 2. The molecule has 0 heterocycles. The van der Waals surface area contributed by atoms with E-state index in [1.54, 1.807) is 12.1 Å². The molecule has 0 aliphatic carbocycles. The summed E-state index contributed by atoms with van der Waals surface area (Å²) >= 11 is 0. The quantitative estimate of drug-likeness (QED) is 0.691. The second kappa shape index (κ2) is 9.38. The van der Waals surface area contributed by atoms with Crippen LogP contribution in [0.25, 0.3) is 0 Å². The third-order valence-corrected chi connectivity index (χ3v) is 4.03. The maximum Gasteiger partial charge on any atom is 0.329 e. The van der Waals surface area contributed by atoms with Gasteiger partial charge in [0.15, 0.2) is 0 Å². The Bertz CT molecular complexity index is 788. The summed E-state index contributed by atoms with van der Waals surface area (Å²) in [7, 11) is 1.42. The first-order valence-electron chi connectivity index (χ1n) is 8.37. The summed E-state index contributed by atoms with van der Waals surface area (Å²) in [5, 5.41) is 18.3. The highest BCUT2D eigenvalue weighted by atomic mass is 16.5. The van der Waals surface area contributed by atoms with Crippen LogP contribution in [0.4, 0.5) is 0 Å². The van der Waals surface area contributed by atoms with Crippen molar-refractivity contribution in [1.82, 2.24) is 4.90 Å². The first kappa shape index (κ1) is 20.0. The van der Waals surface area contributed by atoms with E-state index in [4.69, 9.17) is 9.84 Å². The first-order valence-corrected chi connectivity index (χ1v) is 8.37. The van der Waals surface area contributed by atoms with Crippen LogP contribution in [0.5, 0.6) is 5.75 Å². The lowest BCUT2D eigenvalue weighted by Gasteiger charge is -2.26. The summed E-state index contributed by atoms with van der Waals surface area (Å²) < 4.78 is 5.28. The lowest BCUT2D eigenvalue weighted by Crippen LogP contribution is -2.43. The van der Waals surface area contributed by atoms with E-state index in [2.05, 4.69) is 0 Å². The molecular weight excluding hydrogens is 350 g/mol. The molecule has 0 aliphatic heterocycles. The third kappa shape index (κ3) is 5.85. The monoisotopic (exact) mass is 371 g/mol. The molecule has 0 fully saturated rings. The van der Waals surface area contributed by atoms with Crippen molar-refractivity contribution in [2.45, 2.75) is 25.5 Å². The van der Waals surface area contributed by atoms with Crippen molar-refractivity contribution >= 4 is 17.8 Å². The van der Waals surface area contributed by atoms with E-state index in [9.17, 15) is 19.5 Å². The molecule has 1 atom stereocenters. The molecule has 1 unspecified atom stereocenters. The van der Waals surface area contributed by atoms with Crippen molar-refractivity contribution in [3.05, 3.63) is 65.7 Å². The fourth-order valence-electron chi connectivity index (χ4n) is 2.50. The maximum absolute atomic E-state index is 12.6. The Morgan fingerprint density at radius 3 is 2.26 bits per heavy atom. The van der Waals surface area contributed by atoms with Crippen LogP contribution in [0.2, 0.25) is 0 Å². The fourth-order valence-corrected chi connectivity index (χ4v) is 2.50. The topological polar surface area (TPSA) is 104 Å². The molecule has 2 aromatic carbocycles. The summed E-state index contributed by atoms with van der Waals surface area (Å²) in [4.78, 5) is 37.2. The number of phenols is 1. The summed E-state index contributed by atoms with van der Waals surface area (Å²) in [6, 6.07) is 13.6. The van der Waals surface area contributed by atoms with Crippen molar-refractivity contribution in [1.29, 1.82) is 0 Å². The molecule has 2 N–H and O–H groups in total. The standard InChI is InChI=1S/C20H21NO6/c1-21(19(25)15-7-9-16(22)10-8-15)17(11-12-18(23)24)20(26)27-13-14-5-3-2-4-6-14/h2-10,17,22H,11-13H2,1H3,(H,23,24). The van der Waals surface area contributed by atoms with Gasteiger partial charge >= 0.3 is 11.9 Å². The highest BCUT2D eigenvalue weighted by Crippen LogP contribution is 2.16. The van der Waals surface area contributed by atoms with Crippen molar-refractivity contribution < 1.29 is 29.3 Å². The molecule has 7 heteroatoms. The van der Waals surface area contributed by atoms with Crippen LogP contribution in [0.1, 0.15) is 28.8 Å². The van der Waals surface area contributed by atoms with Crippen molar-refractivity contribution in [3.8, 4) is 5.75 Å². The number of carbonyl (C=O) groups is 3. The molecule has 142 valence electrons. The number of hydrogen-bond acceptors (Lipinski definition) is 5. The number of carboxylic acid groups (broad SMARTS) is 1. The Hall–Kier alpha value is -3.35. The Kier molecular flexibility index (Phi) is 6.93. The SMILES string of the molecule is CN(C(=O)c1ccc(O)cc1)C(CCC(=O)O)C(=O)OCc1ccccc1. The maximum atomic E-state index is 12.6. The molecule has 0 saturated heterocycles. The predicted octanol–water partition coefficient (Wildman–Crippen LogP) is 2.44. The van der Waals surface area contributed by atoms with Crippen molar-refractivity contribution in [3.63, 3.8) is 0 Å². The molecule has 2 aromatic rings. The number of carbonyl (C=O) groups excluding carboxylic acids is 2. The number of ether oxygens (including phenoxy) is 1. The Balaban J connectivity index is 2.11. The van der Waals surface area contributed by atoms with Gasteiger partial charge < -0.3 is 19.8 Å². The average molecular weight is 371 g/mol. The minimum absolute atomic E-state index is 0.0129. The minimum Gasteiger partial charge on any atom is -0.508 e. The molecule has 1 amide bonds. The van der Waals surface area contributed by atoms with E-state index in [0.29, 0.717) is 0 Å². The normalized spacial score (nSPS) is 11.4. The Morgan fingerprint density at radius 2 is 1.67 bits per heavy atom. The molecule has 27 heavy (non-hydrogen) atoms. The van der Waals surface area contributed by atoms with Crippen LogP contribution in [0.3, 0.4) is 0 Å². The molecule has 0 bridgehead atoms. The van der Waals surface area contributed by atoms with E-state index in [-0.39, 0.29) is 30.8 Å². The second-order valence-electron chi connectivity index (χ2n) is 6.00. The van der Waals surface area contributed by atoms with Gasteiger partial charge in [0.25, 0.3) is 5.91 Å². The summed E-state index contributed by atoms with van der Waals surface area (Å²) in [5.74, 6) is -2.20. The van der Waals surface area contributed by atoms with Gasteiger partial charge in [-0.1, -0.05) is 30.3 Å². The van der Waals surface area contributed by atoms with E-state index in [0.717, 1.165) is 5.56 Å². The number of amides is 1. The number of rotatable bonds is 8. The van der Waals surface area contributed by atoms with Gasteiger partial charge in [0.1, 0.15) is 18.4 Å². The molecule has 0 spiro atoms. The molecule has 7 nitrogen and oxygen atoms in total. The largest absolute Gasteiger partial charge is 0.508 e. The average Bonchev–Trinajstić information content (AvgIpc) is 2.67. The number of hydrogen-bond donors (Lipinski definition) is 2. The van der Waals surface area contributed by atoms with E-state index >= 15 is 0 Å². The van der Waals surface area contributed by atoms with Gasteiger partial charge in [-0.15, -0.1) is 0 Å². The highest BCUT2D eigenvalue weighted by molar-refractivity contribution is 5.96. The minimum atomic E-state index is -1.07. The van der Waals surface area contributed by atoms with Gasteiger partial charge in [0.05, 0.1) is 0 Å². The number of phenolic OH excluding ortho intramolecular Hbond substituents is 1. The van der Waals surface area contributed by atoms with Gasteiger partial charge in [-0.2, -0.15) is 0 Å². The second-order valence-corrected chi connectivity index (χ2v) is 6.00. The zero-order valence-corrected chi connectivity index (χ0v) is 14.9. The van der Waals surface area contributed by atoms with Crippen LogP contribution in [0.15, 0.2) is 54.6 Å². The van der Waals surface area contributed by atoms with Crippen LogP contribution >= 0.6 is 0 Å². The van der Waals surface area contributed by atoms with E-state index in [1.165, 1.54) is 36.2 Å². The fraction of sp³-hybridized carbons (Fsp3) is 0.250. The highest BCUT2D eigenvalue weighted by Gasteiger charge is 2.29. The molecule has 2 rings (SSSR count). The number of esters is 1. The number of likely N-dealkylation sites (N-methyl/N-ethyl adjacent to an activating group) is 1. The van der Waals surface area contributed by atoms with Gasteiger partial charge in [0.2, 0.25) is 0 Å². The molecule has 0 saturated carbocycles. The van der Waals surface area contributed by atoms with Gasteiger partial charge in [-0.3, -0.25) is 9.59 Å². The van der Waals surface area contributed by atoms with E-state index in [1.807, 2.05) is 18.2 Å². The van der Waals surface area contributed by atoms with Crippen LogP contribution in [-0.4, -0.2) is 46.0 Å². The summed E-state index contributed by atoms with van der Waals surface area (Å²) in [6.07, 6.45) is -0.346. The summed E-state index contributed by atoms with van der Waals surface area (Å²) in [5.41, 5.74) is 1.06. The predicted molar refractivity (Wildman–Crippen MR) is 97.1 cm³/mol. The Morgan fingerprint density at radius 1 is 1.04 bits per heavy atom. The van der Waals surface area contributed by atoms with Crippen LogP contribution < -0.4 is 0 Å². The molecule has 0 aliphatic rings. The lowest BCUT2D eigenvalue weighted by molar-refractivity contribution is -0.150. The van der Waals surface area contributed by atoms with Crippen LogP contribution in [-0.2, 0) is 20.9 Å². The van der Waals surface area contributed by atoms with Crippen molar-refractivity contribution in [2.24, 2.45) is 0 Å². The Labute approximate surface area is 156 Å². The summed E-state index contributed by atoms with van der Waals surface area (Å²) in [6.45, 7) is 0.0322. The van der Waals surface area contributed by atoms with Crippen LogP contribution in [0, 0.1) is 0 Å². The third-order valence-electron chi connectivity index (χ3n) is 4.03. The molecule has 0 aromatic heterocycles. The molecule has 0 radical (unpaired) electrons. The zero-order valence-electron chi connectivity index (χ0n) is 14.9. The van der Waals surface area contributed by atoms with Crippen molar-refractivity contribution in [2.75, 3.05) is 7.05 Å². The molecular formula is C20H21NO6. The van der Waals surface area contributed by atoms with Gasteiger partial charge in [-0.25, -0.2) is 4.79 Å². The van der Waals surface area contributed by atoms with E-state index < -0.39 is 23.9 Å². The zero-order chi connectivity index (χ0) is 19.8. The lowest BCUT2D eigenvalue weighted by atomic mass is 10.1. The first-order chi connectivity index (χ1) is 12.9. The number of aliphatic carboxylic acids is 1. The van der Waals surface area contributed by atoms with Gasteiger partial charge in [0, 0.05) is 19.0 Å².